The predicted molar refractivity (Wildman–Crippen MR) is 76.5 cm³/mol. The van der Waals surface area contributed by atoms with E-state index in [1.165, 1.54) is 0 Å². The molecule has 2 N–H and O–H groups in total. The highest BCUT2D eigenvalue weighted by Gasteiger charge is 2.15. The first-order chi connectivity index (χ1) is 9.17. The van der Waals surface area contributed by atoms with Crippen LogP contribution in [-0.4, -0.2) is 41.4 Å². The number of thiocarbonyl (C=S) groups is 1. The number of ether oxygens (including phenoxy) is 2. The fourth-order valence-electron chi connectivity index (χ4n) is 1.86. The van der Waals surface area contributed by atoms with Crippen LogP contribution in [0, 0.1) is 6.92 Å². The van der Waals surface area contributed by atoms with Crippen LogP contribution < -0.4 is 15.4 Å². The van der Waals surface area contributed by atoms with Gasteiger partial charge >= 0.3 is 0 Å². The summed E-state index contributed by atoms with van der Waals surface area (Å²) in [6.45, 7) is 3.41. The average molecular weight is 282 g/mol. The van der Waals surface area contributed by atoms with Gasteiger partial charge in [-0.15, -0.1) is 0 Å². The Morgan fingerprint density at radius 1 is 1.58 bits per heavy atom. The smallest absolute Gasteiger partial charge is 0.232 e. The Morgan fingerprint density at radius 3 is 3.11 bits per heavy atom. The molecule has 0 aliphatic carbocycles. The fraction of sp³-hybridized carbons (Fsp3) is 0.583. The lowest BCUT2D eigenvalue weighted by atomic mass is 10.2. The molecule has 104 valence electrons. The first-order valence-electron chi connectivity index (χ1n) is 6.23. The van der Waals surface area contributed by atoms with E-state index in [0.29, 0.717) is 23.5 Å². The summed E-state index contributed by atoms with van der Waals surface area (Å²) in [5, 5.41) is 6.54. The van der Waals surface area contributed by atoms with Crippen LogP contribution in [0.5, 0.6) is 5.88 Å². The Hall–Kier alpha value is -1.47. The van der Waals surface area contributed by atoms with Crippen molar-refractivity contribution in [3.63, 3.8) is 0 Å². The van der Waals surface area contributed by atoms with E-state index in [9.17, 15) is 0 Å². The van der Waals surface area contributed by atoms with Gasteiger partial charge in [0.25, 0.3) is 0 Å². The first kappa shape index (κ1) is 14.0. The summed E-state index contributed by atoms with van der Waals surface area (Å²) in [6, 6.07) is 1.76. The maximum Gasteiger partial charge on any atom is 0.232 e. The molecule has 6 nitrogen and oxygen atoms in total. The molecule has 7 heteroatoms. The average Bonchev–Trinajstić information content (AvgIpc) is 2.88. The van der Waals surface area contributed by atoms with Gasteiger partial charge in [-0.3, -0.25) is 0 Å². The van der Waals surface area contributed by atoms with Crippen LogP contribution in [0.3, 0.4) is 0 Å². The topological polar surface area (TPSA) is 68.3 Å². The fourth-order valence-corrected chi connectivity index (χ4v) is 2.03. The monoisotopic (exact) mass is 282 g/mol. The van der Waals surface area contributed by atoms with Gasteiger partial charge in [-0.05, 0) is 32.0 Å². The minimum atomic E-state index is 0.243. The second-order valence-corrected chi connectivity index (χ2v) is 4.75. The van der Waals surface area contributed by atoms with Gasteiger partial charge in [-0.25, -0.2) is 4.98 Å². The summed E-state index contributed by atoms with van der Waals surface area (Å²) < 4.78 is 10.6. The van der Waals surface area contributed by atoms with Gasteiger partial charge in [-0.1, -0.05) is 0 Å². The quantitative estimate of drug-likeness (QED) is 0.806. The molecule has 0 aromatic carbocycles. The van der Waals surface area contributed by atoms with Crippen molar-refractivity contribution in [3.05, 3.63) is 11.8 Å². The second-order valence-electron chi connectivity index (χ2n) is 4.35. The number of nitrogens with zero attached hydrogens (tertiary/aromatic N) is 2. The molecule has 0 saturated carbocycles. The molecule has 1 saturated heterocycles. The van der Waals surface area contributed by atoms with Crippen molar-refractivity contribution in [2.45, 2.75) is 25.9 Å². The van der Waals surface area contributed by atoms with Gasteiger partial charge in [0.1, 0.15) is 0 Å². The first-order valence-corrected chi connectivity index (χ1v) is 6.64. The van der Waals surface area contributed by atoms with E-state index in [2.05, 4.69) is 20.6 Å². The maximum atomic E-state index is 5.51. The molecule has 1 aliphatic heterocycles. The van der Waals surface area contributed by atoms with E-state index in [4.69, 9.17) is 21.7 Å². The second kappa shape index (κ2) is 6.63. The Kier molecular flexibility index (Phi) is 4.86. The van der Waals surface area contributed by atoms with Crippen LogP contribution >= 0.6 is 12.2 Å². The maximum absolute atomic E-state index is 5.51. The van der Waals surface area contributed by atoms with Crippen molar-refractivity contribution in [2.24, 2.45) is 0 Å². The molecule has 2 heterocycles. The number of anilines is 1. The Labute approximate surface area is 117 Å². The van der Waals surface area contributed by atoms with Crippen molar-refractivity contribution < 1.29 is 9.47 Å². The largest absolute Gasteiger partial charge is 0.481 e. The molecular formula is C12H18N4O2S. The molecule has 2 rings (SSSR count). The van der Waals surface area contributed by atoms with Gasteiger partial charge < -0.3 is 20.1 Å². The summed E-state index contributed by atoms with van der Waals surface area (Å²) in [7, 11) is 1.57. The zero-order chi connectivity index (χ0) is 13.7. The SMILES string of the molecule is COc1cc(C)nc(NC(=S)NCC2CCCO2)n1. The number of nitrogens with one attached hydrogen (secondary N) is 2. The third-order valence-corrected chi connectivity index (χ3v) is 3.03. The van der Waals surface area contributed by atoms with Crippen LogP contribution in [-0.2, 0) is 4.74 Å². The van der Waals surface area contributed by atoms with E-state index in [-0.39, 0.29) is 6.10 Å². The molecule has 0 bridgehead atoms. The molecule has 0 amide bonds. The number of aryl methyl sites for hydroxylation is 1. The van der Waals surface area contributed by atoms with Crippen LogP contribution in [0.4, 0.5) is 5.95 Å². The third kappa shape index (κ3) is 4.29. The lowest BCUT2D eigenvalue weighted by Gasteiger charge is -2.13. The molecule has 19 heavy (non-hydrogen) atoms. The zero-order valence-corrected chi connectivity index (χ0v) is 11.9. The van der Waals surface area contributed by atoms with Crippen molar-refractivity contribution in [1.29, 1.82) is 0 Å². The number of methoxy groups -OCH3 is 1. The van der Waals surface area contributed by atoms with Crippen LogP contribution in [0.2, 0.25) is 0 Å². The predicted octanol–water partition coefficient (Wildman–Crippen LogP) is 1.26. The van der Waals surface area contributed by atoms with Crippen molar-refractivity contribution in [2.75, 3.05) is 25.6 Å². The molecule has 0 spiro atoms. The number of rotatable bonds is 4. The highest BCUT2D eigenvalue weighted by atomic mass is 32.1. The molecule has 1 unspecified atom stereocenters. The zero-order valence-electron chi connectivity index (χ0n) is 11.1. The minimum absolute atomic E-state index is 0.243. The van der Waals surface area contributed by atoms with Gasteiger partial charge in [-0.2, -0.15) is 4.98 Å². The van der Waals surface area contributed by atoms with Crippen molar-refractivity contribution >= 4 is 23.3 Å². The van der Waals surface area contributed by atoms with E-state index in [1.54, 1.807) is 13.2 Å². The highest BCUT2D eigenvalue weighted by Crippen LogP contribution is 2.12. The van der Waals surface area contributed by atoms with Gasteiger partial charge in [0.05, 0.1) is 13.2 Å². The normalized spacial score (nSPS) is 18.1. The van der Waals surface area contributed by atoms with E-state index in [1.807, 2.05) is 6.92 Å². The Balaban J connectivity index is 1.85. The van der Waals surface area contributed by atoms with Crippen LogP contribution in [0.25, 0.3) is 0 Å². The van der Waals surface area contributed by atoms with Crippen molar-refractivity contribution in [3.8, 4) is 5.88 Å². The third-order valence-electron chi connectivity index (χ3n) is 2.78. The number of hydrogen-bond acceptors (Lipinski definition) is 5. The van der Waals surface area contributed by atoms with Crippen LogP contribution in [0.1, 0.15) is 18.5 Å². The Bertz CT molecular complexity index is 449. The van der Waals surface area contributed by atoms with Crippen molar-refractivity contribution in [1.82, 2.24) is 15.3 Å². The van der Waals surface area contributed by atoms with E-state index < -0.39 is 0 Å². The molecule has 1 aromatic rings. The summed E-state index contributed by atoms with van der Waals surface area (Å²) in [5.41, 5.74) is 0.816. The van der Waals surface area contributed by atoms with E-state index in [0.717, 1.165) is 25.1 Å². The minimum Gasteiger partial charge on any atom is -0.481 e. The summed E-state index contributed by atoms with van der Waals surface area (Å²) in [4.78, 5) is 8.41. The lowest BCUT2D eigenvalue weighted by Crippen LogP contribution is -2.35. The van der Waals surface area contributed by atoms with Gasteiger partial charge in [0.15, 0.2) is 5.11 Å². The van der Waals surface area contributed by atoms with E-state index >= 15 is 0 Å². The molecule has 1 aliphatic rings. The molecule has 1 atom stereocenters. The standard InChI is InChI=1S/C12H18N4O2S/c1-8-6-10(17-2)15-11(14-8)16-12(19)13-7-9-4-3-5-18-9/h6,9H,3-5,7H2,1-2H3,(H2,13,14,15,16,19). The molecular weight excluding hydrogens is 264 g/mol. The summed E-state index contributed by atoms with van der Waals surface area (Å²) in [5.74, 6) is 0.943. The lowest BCUT2D eigenvalue weighted by molar-refractivity contribution is 0.114. The summed E-state index contributed by atoms with van der Waals surface area (Å²) in [6.07, 6.45) is 2.43. The molecule has 1 fully saturated rings. The molecule has 0 radical (unpaired) electrons. The number of aromatic nitrogens is 2. The highest BCUT2D eigenvalue weighted by molar-refractivity contribution is 7.80. The summed E-state index contributed by atoms with van der Waals surface area (Å²) >= 11 is 5.19. The Morgan fingerprint density at radius 2 is 2.42 bits per heavy atom. The van der Waals surface area contributed by atoms with Gasteiger partial charge in [0, 0.05) is 24.9 Å². The van der Waals surface area contributed by atoms with Gasteiger partial charge in [0.2, 0.25) is 11.8 Å². The van der Waals surface area contributed by atoms with Crippen LogP contribution in [0.15, 0.2) is 6.07 Å². The number of hydrogen-bond donors (Lipinski definition) is 2. The molecule has 1 aromatic heterocycles.